The summed E-state index contributed by atoms with van der Waals surface area (Å²) in [6, 6.07) is 13.5. The zero-order chi connectivity index (χ0) is 17.1. The van der Waals surface area contributed by atoms with Gasteiger partial charge in [-0.3, -0.25) is 0 Å². The Balaban J connectivity index is 1.97. The average Bonchev–Trinajstić information content (AvgIpc) is 2.94. The molecule has 0 saturated heterocycles. The van der Waals surface area contributed by atoms with Gasteiger partial charge < -0.3 is 14.6 Å². The number of aromatic nitrogens is 1. The predicted molar refractivity (Wildman–Crippen MR) is 91.1 cm³/mol. The average molecular weight is 347 g/mol. The maximum atomic E-state index is 13.9. The van der Waals surface area contributed by atoms with E-state index in [9.17, 15) is 9.18 Å². The Bertz CT molecular complexity index is 878. The van der Waals surface area contributed by atoms with Gasteiger partial charge in [0, 0.05) is 29.1 Å². The summed E-state index contributed by atoms with van der Waals surface area (Å²) in [7, 11) is 0. The van der Waals surface area contributed by atoms with Crippen LogP contribution >= 0.6 is 11.9 Å². The number of carbonyl (C=O) groups excluding carboxylic acids is 1. The lowest BCUT2D eigenvalue weighted by atomic mass is 10.1. The lowest BCUT2D eigenvalue weighted by Crippen LogP contribution is -2.32. The maximum Gasteiger partial charge on any atom is 0.341 e. The molecule has 2 N–H and O–H groups in total. The topological polar surface area (TPSA) is 57.2 Å². The molecule has 0 unspecified atom stereocenters. The first kappa shape index (κ1) is 16.5. The number of benzene rings is 2. The number of nitrogens with two attached hydrogens (primary N) is 1. The Morgan fingerprint density at radius 3 is 2.62 bits per heavy atom. The van der Waals surface area contributed by atoms with Crippen molar-refractivity contribution in [2.45, 2.75) is 19.0 Å². The van der Waals surface area contributed by atoms with E-state index < -0.39 is 12.0 Å². The van der Waals surface area contributed by atoms with Crippen LogP contribution in [0, 0.1) is 5.82 Å². The molecule has 2 aromatic carbocycles. The Kier molecular flexibility index (Phi) is 4.83. The minimum Gasteiger partial charge on any atom is -0.346 e. The first-order chi connectivity index (χ1) is 11.6. The monoisotopic (exact) mass is 346 g/mol. The van der Waals surface area contributed by atoms with Crippen LogP contribution in [0.25, 0.3) is 10.9 Å². The summed E-state index contributed by atoms with van der Waals surface area (Å²) in [5, 5.41) is 0.965. The van der Waals surface area contributed by atoms with Crippen molar-refractivity contribution in [2.75, 3.05) is 0 Å². The van der Waals surface area contributed by atoms with Crippen molar-refractivity contribution in [1.29, 1.82) is 0 Å². The highest BCUT2D eigenvalue weighted by atomic mass is 35.5. The smallest absolute Gasteiger partial charge is 0.341 e. The fraction of sp³-hybridized carbons (Fsp3) is 0.167. The molecule has 1 heterocycles. The normalized spacial score (nSPS) is 12.3. The molecule has 0 amide bonds. The molecule has 0 fully saturated rings. The van der Waals surface area contributed by atoms with Gasteiger partial charge in [0.2, 0.25) is 0 Å². The standard InChI is InChI=1S/C18H16ClFN2O2/c19-24-18(23)16(21)9-13-11-22(17-8-4-2-6-14(13)17)10-12-5-1-3-7-15(12)20/h1-8,11,16H,9-10,21H2/t16-/m0/s1. The minimum atomic E-state index is -0.852. The van der Waals surface area contributed by atoms with Crippen LogP contribution in [0.1, 0.15) is 11.1 Å². The number of hydrogen-bond acceptors (Lipinski definition) is 3. The van der Waals surface area contributed by atoms with Gasteiger partial charge in [0.15, 0.2) is 0 Å². The van der Waals surface area contributed by atoms with Crippen LogP contribution in [-0.2, 0) is 22.0 Å². The molecule has 0 bridgehead atoms. The predicted octanol–water partition coefficient (Wildman–Crippen LogP) is 3.40. The third kappa shape index (κ3) is 3.27. The maximum absolute atomic E-state index is 13.9. The van der Waals surface area contributed by atoms with Gasteiger partial charge in [-0.05, 0) is 17.7 Å². The van der Waals surface area contributed by atoms with Crippen molar-refractivity contribution in [1.82, 2.24) is 4.57 Å². The van der Waals surface area contributed by atoms with E-state index in [4.69, 9.17) is 17.6 Å². The molecular formula is C18H16ClFN2O2. The van der Waals surface area contributed by atoms with E-state index in [0.29, 0.717) is 12.1 Å². The molecule has 1 atom stereocenters. The van der Waals surface area contributed by atoms with Gasteiger partial charge in [-0.2, -0.15) is 0 Å². The van der Waals surface area contributed by atoms with E-state index in [-0.39, 0.29) is 12.2 Å². The third-order valence-electron chi connectivity index (χ3n) is 3.99. The summed E-state index contributed by atoms with van der Waals surface area (Å²) >= 11 is 5.08. The Hall–Kier alpha value is -2.37. The fourth-order valence-electron chi connectivity index (χ4n) is 2.80. The molecule has 0 aliphatic rings. The number of halogens is 2. The summed E-state index contributed by atoms with van der Waals surface area (Å²) in [6.45, 7) is 0.391. The first-order valence-corrected chi connectivity index (χ1v) is 7.79. The van der Waals surface area contributed by atoms with Crippen LogP contribution in [0.4, 0.5) is 4.39 Å². The van der Waals surface area contributed by atoms with Crippen LogP contribution in [0.15, 0.2) is 54.7 Å². The molecular weight excluding hydrogens is 331 g/mol. The molecule has 1 aromatic heterocycles. The van der Waals surface area contributed by atoms with Gasteiger partial charge in [-0.25, -0.2) is 9.18 Å². The summed E-state index contributed by atoms with van der Waals surface area (Å²) < 4.78 is 20.0. The Labute approximate surface area is 143 Å². The van der Waals surface area contributed by atoms with Crippen molar-refractivity contribution in [3.63, 3.8) is 0 Å². The van der Waals surface area contributed by atoms with Gasteiger partial charge in [0.1, 0.15) is 23.7 Å². The molecule has 3 aromatic rings. The molecule has 6 heteroatoms. The molecule has 0 aliphatic heterocycles. The molecule has 4 nitrogen and oxygen atoms in total. The molecule has 0 saturated carbocycles. The molecule has 0 aliphatic carbocycles. The highest BCUT2D eigenvalue weighted by Crippen LogP contribution is 2.24. The molecule has 124 valence electrons. The number of carbonyl (C=O) groups is 1. The van der Waals surface area contributed by atoms with Crippen LogP contribution in [-0.4, -0.2) is 16.6 Å². The number of nitrogens with zero attached hydrogens (tertiary/aromatic N) is 1. The van der Waals surface area contributed by atoms with Crippen molar-refractivity contribution in [3.05, 3.63) is 71.7 Å². The Morgan fingerprint density at radius 1 is 1.17 bits per heavy atom. The second kappa shape index (κ2) is 7.03. The zero-order valence-electron chi connectivity index (χ0n) is 12.8. The van der Waals surface area contributed by atoms with Gasteiger partial charge in [-0.1, -0.05) is 36.4 Å². The van der Waals surface area contributed by atoms with Gasteiger partial charge >= 0.3 is 5.97 Å². The highest BCUT2D eigenvalue weighted by Gasteiger charge is 2.19. The van der Waals surface area contributed by atoms with E-state index in [1.54, 1.807) is 18.2 Å². The summed E-state index contributed by atoms with van der Waals surface area (Å²) in [5.41, 5.74) is 8.23. The van der Waals surface area contributed by atoms with Crippen molar-refractivity contribution in [2.24, 2.45) is 5.73 Å². The summed E-state index contributed by atoms with van der Waals surface area (Å²) in [6.07, 6.45) is 2.18. The second-order valence-corrected chi connectivity index (χ2v) is 5.75. The SMILES string of the molecule is N[C@@H](Cc1cn(Cc2ccccc2F)c2ccccc12)C(=O)OCl. The van der Waals surface area contributed by atoms with Crippen molar-refractivity contribution < 1.29 is 13.5 Å². The van der Waals surface area contributed by atoms with Crippen LogP contribution in [0.2, 0.25) is 0 Å². The third-order valence-corrected chi connectivity index (χ3v) is 4.14. The number of hydrogen-bond donors (Lipinski definition) is 1. The van der Waals surface area contributed by atoms with Crippen molar-refractivity contribution in [3.8, 4) is 0 Å². The molecule has 24 heavy (non-hydrogen) atoms. The van der Waals surface area contributed by atoms with Gasteiger partial charge in [0.05, 0.1) is 6.54 Å². The Morgan fingerprint density at radius 2 is 1.88 bits per heavy atom. The molecule has 0 radical (unpaired) electrons. The van der Waals surface area contributed by atoms with Crippen LogP contribution < -0.4 is 5.73 Å². The van der Waals surface area contributed by atoms with Gasteiger partial charge in [0.25, 0.3) is 0 Å². The summed E-state index contributed by atoms with van der Waals surface area (Å²) in [5.74, 6) is -0.929. The van der Waals surface area contributed by atoms with E-state index in [1.165, 1.54) is 6.07 Å². The van der Waals surface area contributed by atoms with Crippen LogP contribution in [0.5, 0.6) is 0 Å². The lowest BCUT2D eigenvalue weighted by molar-refractivity contribution is -0.135. The largest absolute Gasteiger partial charge is 0.346 e. The van der Waals surface area contributed by atoms with Crippen molar-refractivity contribution >= 4 is 28.7 Å². The van der Waals surface area contributed by atoms with Crippen LogP contribution in [0.3, 0.4) is 0 Å². The number of fused-ring (bicyclic) bond motifs is 1. The second-order valence-electron chi connectivity index (χ2n) is 5.60. The van der Waals surface area contributed by atoms with E-state index in [2.05, 4.69) is 4.29 Å². The first-order valence-electron chi connectivity index (χ1n) is 7.48. The summed E-state index contributed by atoms with van der Waals surface area (Å²) in [4.78, 5) is 11.5. The van der Waals surface area contributed by atoms with E-state index >= 15 is 0 Å². The quantitative estimate of drug-likeness (QED) is 0.770. The fourth-order valence-corrected chi connectivity index (χ4v) is 2.92. The highest BCUT2D eigenvalue weighted by molar-refractivity contribution is 6.13. The van der Waals surface area contributed by atoms with Gasteiger partial charge in [-0.15, -0.1) is 0 Å². The molecule has 0 spiro atoms. The van der Waals surface area contributed by atoms with E-state index in [1.807, 2.05) is 35.0 Å². The number of rotatable bonds is 5. The molecule has 3 rings (SSSR count). The zero-order valence-corrected chi connectivity index (χ0v) is 13.5. The minimum absolute atomic E-state index is 0.251. The lowest BCUT2D eigenvalue weighted by Gasteiger charge is -2.07. The number of para-hydroxylation sites is 1. The van der Waals surface area contributed by atoms with E-state index in [0.717, 1.165) is 16.5 Å².